The van der Waals surface area contributed by atoms with Gasteiger partial charge in [0.05, 0.1) is 5.60 Å². The molecule has 19 heavy (non-hydrogen) atoms. The van der Waals surface area contributed by atoms with E-state index in [1.54, 1.807) is 12.1 Å². The normalized spacial score (nSPS) is 25.8. The highest BCUT2D eigenvalue weighted by Gasteiger charge is 2.38. The first kappa shape index (κ1) is 9.15. The molecule has 1 aliphatic carbocycles. The van der Waals surface area contributed by atoms with Crippen molar-refractivity contribution in [3.8, 4) is 0 Å². The van der Waals surface area contributed by atoms with Gasteiger partial charge in [-0.25, -0.2) is 0 Å². The van der Waals surface area contributed by atoms with Crippen LogP contribution in [-0.2, 0) is 0 Å². The van der Waals surface area contributed by atoms with Crippen LogP contribution in [0.5, 0.6) is 0 Å². The number of hydrogen-bond acceptors (Lipinski definition) is 2. The molecule has 1 aromatic rings. The third kappa shape index (κ3) is 3.58. The Labute approximate surface area is 124 Å². The molecule has 2 heteroatoms. The van der Waals surface area contributed by atoms with Gasteiger partial charge in [0.2, 0.25) is 0 Å². The molecular weight excluding hydrogens is 234 g/mol. The number of nitrogens with zero attached hydrogens (tertiary/aromatic N) is 1. The first-order valence-electron chi connectivity index (χ1n) is 9.51. The van der Waals surface area contributed by atoms with Gasteiger partial charge < -0.3 is 10.0 Å². The third-order valence-corrected chi connectivity index (χ3v) is 3.99. The summed E-state index contributed by atoms with van der Waals surface area (Å²) in [5, 5.41) is 11.3. The van der Waals surface area contributed by atoms with Crippen molar-refractivity contribution >= 4 is 0 Å². The summed E-state index contributed by atoms with van der Waals surface area (Å²) in [6, 6.07) is 7.36. The van der Waals surface area contributed by atoms with Gasteiger partial charge >= 0.3 is 0 Å². The topological polar surface area (TPSA) is 23.5 Å². The van der Waals surface area contributed by atoms with Gasteiger partial charge in [0.15, 0.2) is 0 Å². The first-order chi connectivity index (χ1) is 11.0. The van der Waals surface area contributed by atoms with Crippen molar-refractivity contribution < 1.29 is 12.0 Å². The molecule has 106 valence electrons. The molecule has 0 aliphatic heterocycles. The Morgan fingerprint density at radius 3 is 2.53 bits per heavy atom. The van der Waals surface area contributed by atoms with Crippen LogP contribution >= 0.6 is 0 Å². The smallest absolute Gasteiger partial charge is 0.0728 e. The monoisotopic (exact) mass is 266 g/mol. The van der Waals surface area contributed by atoms with Gasteiger partial charge in [0, 0.05) is 19.3 Å². The highest BCUT2D eigenvalue weighted by Crippen LogP contribution is 2.40. The van der Waals surface area contributed by atoms with Gasteiger partial charge in [-0.3, -0.25) is 0 Å². The number of rotatable bonds is 4. The maximum absolute atomic E-state index is 11.3. The molecule has 0 saturated heterocycles. The van der Waals surface area contributed by atoms with Crippen LogP contribution in [0.2, 0.25) is 0 Å². The summed E-state index contributed by atoms with van der Waals surface area (Å²) < 4.78 is 39.9. The standard InChI is InChI=1S/C17H27NO/c1-14-7-9-15(10-8-14)16(13-18(2)3)17(19)11-5-4-6-12-17/h7-10,16,19H,4-6,11-13H2,1-3H3/t16-/m0/s1/i2D3,13D2. The molecular formula is C17H27NO. The molecule has 2 nitrogen and oxygen atoms in total. The van der Waals surface area contributed by atoms with Gasteiger partial charge in [-0.2, -0.15) is 0 Å². The zero-order valence-electron chi connectivity index (χ0n) is 16.8. The molecule has 0 bridgehead atoms. The van der Waals surface area contributed by atoms with Crippen molar-refractivity contribution in [2.24, 2.45) is 0 Å². The molecule has 1 N–H and O–H groups in total. The van der Waals surface area contributed by atoms with Crippen molar-refractivity contribution in [2.45, 2.75) is 50.5 Å². The minimum Gasteiger partial charge on any atom is -0.389 e. The van der Waals surface area contributed by atoms with E-state index in [4.69, 9.17) is 6.85 Å². The highest BCUT2D eigenvalue weighted by atomic mass is 16.3. The molecule has 1 aromatic carbocycles. The molecule has 1 aliphatic rings. The second kappa shape index (κ2) is 6.06. The fourth-order valence-electron chi connectivity index (χ4n) is 2.91. The lowest BCUT2D eigenvalue weighted by atomic mass is 9.72. The molecule has 1 fully saturated rings. The summed E-state index contributed by atoms with van der Waals surface area (Å²) in [6.45, 7) is -2.83. The molecule has 0 unspecified atom stereocenters. The Balaban J connectivity index is 2.51. The third-order valence-electron chi connectivity index (χ3n) is 3.99. The molecule has 0 aromatic heterocycles. The molecule has 0 radical (unpaired) electrons. The lowest BCUT2D eigenvalue weighted by Crippen LogP contribution is -2.42. The number of hydrogen-bond donors (Lipinski definition) is 1. The molecule has 2 rings (SSSR count). The number of benzene rings is 1. The Kier molecular flexibility index (Phi) is 2.92. The van der Waals surface area contributed by atoms with Crippen LogP contribution in [0.25, 0.3) is 0 Å². The average molecular weight is 266 g/mol. The summed E-state index contributed by atoms with van der Waals surface area (Å²) >= 11 is 0. The fourth-order valence-corrected chi connectivity index (χ4v) is 2.91. The van der Waals surface area contributed by atoms with Crippen molar-refractivity contribution in [1.82, 2.24) is 4.90 Å². The summed E-state index contributed by atoms with van der Waals surface area (Å²) in [6.07, 6.45) is 3.64. The Morgan fingerprint density at radius 1 is 1.32 bits per heavy atom. The lowest BCUT2D eigenvalue weighted by molar-refractivity contribution is -0.0277. The first-order valence-corrected chi connectivity index (χ1v) is 7.01. The quantitative estimate of drug-likeness (QED) is 0.903. The SMILES string of the molecule is [2H]C([2H])([2H])N(C)C([2H])([2H])[C@@H](c1ccc(C)cc1)C1(O)CCCCC1. The van der Waals surface area contributed by atoms with Gasteiger partial charge in [-0.15, -0.1) is 0 Å². The number of aryl methyl sites for hydroxylation is 1. The van der Waals surface area contributed by atoms with Crippen LogP contribution in [0.1, 0.15) is 56.0 Å². The number of likely N-dealkylation sites (N-methyl/N-ethyl adjacent to an activating group) is 1. The van der Waals surface area contributed by atoms with E-state index in [1.807, 2.05) is 19.1 Å². The maximum atomic E-state index is 11.3. The minimum absolute atomic E-state index is 0.486. The molecule has 1 saturated carbocycles. The zero-order chi connectivity index (χ0) is 18.2. The summed E-state index contributed by atoms with van der Waals surface area (Å²) in [5.41, 5.74) is 0.445. The van der Waals surface area contributed by atoms with E-state index in [-0.39, 0.29) is 0 Å². The summed E-state index contributed by atoms with van der Waals surface area (Å²) in [7, 11) is 1.26. The van der Waals surface area contributed by atoms with Crippen LogP contribution in [0, 0.1) is 6.92 Å². The van der Waals surface area contributed by atoms with Crippen LogP contribution in [-0.4, -0.2) is 36.1 Å². The Hall–Kier alpha value is -0.860. The van der Waals surface area contributed by atoms with E-state index in [0.717, 1.165) is 29.7 Å². The second-order valence-corrected chi connectivity index (χ2v) is 5.70. The van der Waals surface area contributed by atoms with Crippen molar-refractivity contribution in [3.05, 3.63) is 35.4 Å². The van der Waals surface area contributed by atoms with E-state index in [9.17, 15) is 5.11 Å². The van der Waals surface area contributed by atoms with Crippen molar-refractivity contribution in [2.75, 3.05) is 20.5 Å². The van der Waals surface area contributed by atoms with Crippen molar-refractivity contribution in [3.63, 3.8) is 0 Å². The molecule has 1 atom stereocenters. The van der Waals surface area contributed by atoms with E-state index >= 15 is 0 Å². The fraction of sp³-hybridized carbons (Fsp3) is 0.647. The molecule has 0 spiro atoms. The summed E-state index contributed by atoms with van der Waals surface area (Å²) in [4.78, 5) is 0.775. The van der Waals surface area contributed by atoms with Gasteiger partial charge in [0.25, 0.3) is 0 Å². The molecule has 0 heterocycles. The average Bonchev–Trinajstić information content (AvgIpc) is 2.48. The zero-order valence-corrected chi connectivity index (χ0v) is 11.8. The maximum Gasteiger partial charge on any atom is 0.0728 e. The predicted octanol–water partition coefficient (Wildman–Crippen LogP) is 3.34. The summed E-state index contributed by atoms with van der Waals surface area (Å²) in [5.74, 6) is -0.920. The van der Waals surface area contributed by atoms with E-state index in [1.165, 1.54) is 7.05 Å². The van der Waals surface area contributed by atoms with Crippen LogP contribution in [0.15, 0.2) is 24.3 Å². The van der Waals surface area contributed by atoms with Crippen LogP contribution in [0.4, 0.5) is 0 Å². The van der Waals surface area contributed by atoms with Gasteiger partial charge in [0.1, 0.15) is 0 Å². The predicted molar refractivity (Wildman–Crippen MR) is 80.5 cm³/mol. The van der Waals surface area contributed by atoms with Crippen LogP contribution < -0.4 is 0 Å². The second-order valence-electron chi connectivity index (χ2n) is 5.70. The van der Waals surface area contributed by atoms with Crippen molar-refractivity contribution in [1.29, 1.82) is 0 Å². The Bertz CT molecular complexity index is 549. The van der Waals surface area contributed by atoms with E-state index in [2.05, 4.69) is 0 Å². The minimum atomic E-state index is -2.57. The van der Waals surface area contributed by atoms with Gasteiger partial charge in [-0.05, 0) is 39.4 Å². The lowest BCUT2D eigenvalue weighted by Gasteiger charge is -2.40. The van der Waals surface area contributed by atoms with Gasteiger partial charge in [-0.1, -0.05) is 49.1 Å². The van der Waals surface area contributed by atoms with E-state index < -0.39 is 25.0 Å². The largest absolute Gasteiger partial charge is 0.389 e. The highest BCUT2D eigenvalue weighted by molar-refractivity contribution is 5.27. The van der Waals surface area contributed by atoms with E-state index in [0.29, 0.717) is 18.4 Å². The van der Waals surface area contributed by atoms with Crippen LogP contribution in [0.3, 0.4) is 0 Å². The number of aliphatic hydroxyl groups is 1. The molecule has 0 amide bonds. The Morgan fingerprint density at radius 2 is 1.95 bits per heavy atom.